The van der Waals surface area contributed by atoms with Gasteiger partial charge in [0.15, 0.2) is 0 Å². The maximum atomic E-state index is 13.2. The Balaban J connectivity index is 1.48. The summed E-state index contributed by atoms with van der Waals surface area (Å²) in [5.74, 6) is -0.0951. The van der Waals surface area contributed by atoms with Gasteiger partial charge in [-0.05, 0) is 37.3 Å². The molecular formula is C19H21ClFN5O2. The molecule has 9 heteroatoms. The standard InChI is InChI=1S/C19H21ClFN5O2/c1-13(18(27)24-14-5-6-16(21)15(20)12-14)23-19(28)26-10-8-25(9-11-26)17-4-2-3-7-22-17/h2-7,12-13H,8-11H2,1H3,(H,23,28)(H,24,27)/t13-/m1/s1. The number of hydrogen-bond donors (Lipinski definition) is 2. The summed E-state index contributed by atoms with van der Waals surface area (Å²) in [6.45, 7) is 3.98. The maximum Gasteiger partial charge on any atom is 0.318 e. The van der Waals surface area contributed by atoms with Gasteiger partial charge in [0.1, 0.15) is 17.7 Å². The highest BCUT2D eigenvalue weighted by Gasteiger charge is 2.24. The molecule has 1 atom stereocenters. The molecule has 1 saturated heterocycles. The van der Waals surface area contributed by atoms with Gasteiger partial charge in [0, 0.05) is 38.1 Å². The van der Waals surface area contributed by atoms with E-state index in [1.165, 1.54) is 18.2 Å². The van der Waals surface area contributed by atoms with Gasteiger partial charge in [0.25, 0.3) is 0 Å². The van der Waals surface area contributed by atoms with Crippen LogP contribution in [0.5, 0.6) is 0 Å². The van der Waals surface area contributed by atoms with Crippen molar-refractivity contribution in [3.05, 3.63) is 53.4 Å². The smallest absolute Gasteiger partial charge is 0.318 e. The summed E-state index contributed by atoms with van der Waals surface area (Å²) >= 11 is 5.71. The van der Waals surface area contributed by atoms with E-state index >= 15 is 0 Å². The fourth-order valence-electron chi connectivity index (χ4n) is 2.85. The molecule has 0 unspecified atom stereocenters. The molecule has 2 aromatic rings. The van der Waals surface area contributed by atoms with Crippen molar-refractivity contribution in [2.75, 3.05) is 36.4 Å². The highest BCUT2D eigenvalue weighted by molar-refractivity contribution is 6.31. The lowest BCUT2D eigenvalue weighted by atomic mass is 10.2. The third kappa shape index (κ3) is 4.89. The van der Waals surface area contributed by atoms with E-state index in [1.807, 2.05) is 18.2 Å². The van der Waals surface area contributed by atoms with E-state index in [0.29, 0.717) is 31.9 Å². The first-order valence-electron chi connectivity index (χ1n) is 8.91. The summed E-state index contributed by atoms with van der Waals surface area (Å²) < 4.78 is 13.2. The summed E-state index contributed by atoms with van der Waals surface area (Å²) in [5.41, 5.74) is 0.362. The number of benzene rings is 1. The van der Waals surface area contributed by atoms with Gasteiger partial charge in [-0.25, -0.2) is 14.2 Å². The van der Waals surface area contributed by atoms with Gasteiger partial charge in [0.2, 0.25) is 5.91 Å². The maximum absolute atomic E-state index is 13.2. The predicted molar refractivity (Wildman–Crippen MR) is 106 cm³/mol. The molecular weight excluding hydrogens is 385 g/mol. The van der Waals surface area contributed by atoms with Crippen LogP contribution in [-0.4, -0.2) is 54.0 Å². The number of rotatable bonds is 4. The van der Waals surface area contributed by atoms with Gasteiger partial charge in [-0.15, -0.1) is 0 Å². The van der Waals surface area contributed by atoms with Crippen molar-refractivity contribution in [1.29, 1.82) is 0 Å². The van der Waals surface area contributed by atoms with E-state index in [2.05, 4.69) is 20.5 Å². The Bertz CT molecular complexity index is 843. The Hall–Kier alpha value is -2.87. The van der Waals surface area contributed by atoms with E-state index in [-0.39, 0.29) is 11.1 Å². The summed E-state index contributed by atoms with van der Waals surface area (Å²) in [6, 6.07) is 8.55. The zero-order valence-corrected chi connectivity index (χ0v) is 16.1. The Morgan fingerprint density at radius 2 is 1.93 bits per heavy atom. The highest BCUT2D eigenvalue weighted by Crippen LogP contribution is 2.19. The minimum absolute atomic E-state index is 0.0831. The molecule has 7 nitrogen and oxygen atoms in total. The minimum Gasteiger partial charge on any atom is -0.353 e. The number of nitrogens with zero attached hydrogens (tertiary/aromatic N) is 3. The van der Waals surface area contributed by atoms with Crippen molar-refractivity contribution < 1.29 is 14.0 Å². The first-order valence-corrected chi connectivity index (χ1v) is 9.29. The van der Waals surface area contributed by atoms with Gasteiger partial charge >= 0.3 is 6.03 Å². The third-order valence-electron chi connectivity index (χ3n) is 4.46. The van der Waals surface area contributed by atoms with E-state index in [9.17, 15) is 14.0 Å². The molecule has 0 bridgehead atoms. The lowest BCUT2D eigenvalue weighted by Crippen LogP contribution is -2.54. The second-order valence-electron chi connectivity index (χ2n) is 6.45. The van der Waals surface area contributed by atoms with Crippen molar-refractivity contribution in [3.8, 4) is 0 Å². The Morgan fingerprint density at radius 1 is 1.18 bits per heavy atom. The minimum atomic E-state index is -0.759. The summed E-state index contributed by atoms with van der Waals surface area (Å²) in [7, 11) is 0. The molecule has 1 fully saturated rings. The topological polar surface area (TPSA) is 77.6 Å². The van der Waals surface area contributed by atoms with Gasteiger partial charge in [0.05, 0.1) is 5.02 Å². The van der Waals surface area contributed by atoms with Crippen molar-refractivity contribution in [2.24, 2.45) is 0 Å². The molecule has 3 amide bonds. The van der Waals surface area contributed by atoms with E-state index in [4.69, 9.17) is 11.6 Å². The number of hydrogen-bond acceptors (Lipinski definition) is 4. The Kier molecular flexibility index (Phi) is 6.30. The fourth-order valence-corrected chi connectivity index (χ4v) is 3.03. The van der Waals surface area contributed by atoms with E-state index < -0.39 is 17.8 Å². The van der Waals surface area contributed by atoms with E-state index in [1.54, 1.807) is 18.0 Å². The van der Waals surface area contributed by atoms with Crippen LogP contribution >= 0.6 is 11.6 Å². The van der Waals surface area contributed by atoms with Crippen LogP contribution in [0.25, 0.3) is 0 Å². The fraction of sp³-hybridized carbons (Fsp3) is 0.316. The van der Waals surface area contributed by atoms with Crippen LogP contribution in [-0.2, 0) is 4.79 Å². The molecule has 2 heterocycles. The number of anilines is 2. The Labute approximate surface area is 167 Å². The number of carbonyl (C=O) groups excluding carboxylic acids is 2. The quantitative estimate of drug-likeness (QED) is 0.820. The van der Waals surface area contributed by atoms with Gasteiger partial charge < -0.3 is 20.4 Å². The second kappa shape index (κ2) is 8.88. The van der Waals surface area contributed by atoms with Crippen molar-refractivity contribution in [3.63, 3.8) is 0 Å². The van der Waals surface area contributed by atoms with E-state index in [0.717, 1.165) is 5.82 Å². The number of urea groups is 1. The molecule has 148 valence electrons. The summed E-state index contributed by atoms with van der Waals surface area (Å²) in [4.78, 5) is 32.8. The lowest BCUT2D eigenvalue weighted by molar-refractivity contribution is -0.117. The molecule has 1 aromatic heterocycles. The summed E-state index contributed by atoms with van der Waals surface area (Å²) in [5, 5.41) is 5.21. The molecule has 28 heavy (non-hydrogen) atoms. The molecule has 1 aliphatic heterocycles. The zero-order valence-electron chi connectivity index (χ0n) is 15.4. The predicted octanol–water partition coefficient (Wildman–Crippen LogP) is 2.73. The van der Waals surface area contributed by atoms with Crippen LogP contribution in [0.3, 0.4) is 0 Å². The number of piperazine rings is 1. The average Bonchev–Trinajstić information content (AvgIpc) is 2.71. The van der Waals surface area contributed by atoms with Gasteiger partial charge in [-0.3, -0.25) is 4.79 Å². The van der Waals surface area contributed by atoms with Crippen molar-refractivity contribution in [1.82, 2.24) is 15.2 Å². The number of nitrogens with one attached hydrogen (secondary N) is 2. The molecule has 0 spiro atoms. The van der Waals surface area contributed by atoms with Crippen LogP contribution in [0.1, 0.15) is 6.92 Å². The van der Waals surface area contributed by atoms with Crippen LogP contribution in [0.15, 0.2) is 42.6 Å². The molecule has 0 aliphatic carbocycles. The van der Waals surface area contributed by atoms with Crippen LogP contribution < -0.4 is 15.5 Å². The monoisotopic (exact) mass is 405 g/mol. The SMILES string of the molecule is C[C@@H](NC(=O)N1CCN(c2ccccn2)CC1)C(=O)Nc1ccc(F)c(Cl)c1. The van der Waals surface area contributed by atoms with Crippen molar-refractivity contribution >= 4 is 35.0 Å². The Morgan fingerprint density at radius 3 is 2.57 bits per heavy atom. The van der Waals surface area contributed by atoms with Crippen LogP contribution in [0, 0.1) is 5.82 Å². The first-order chi connectivity index (χ1) is 13.4. The molecule has 0 saturated carbocycles. The molecule has 1 aliphatic rings. The molecule has 1 aromatic carbocycles. The number of halogens is 2. The summed E-state index contributed by atoms with van der Waals surface area (Å²) in [6.07, 6.45) is 1.74. The third-order valence-corrected chi connectivity index (χ3v) is 4.75. The second-order valence-corrected chi connectivity index (χ2v) is 6.86. The molecule has 0 radical (unpaired) electrons. The number of pyridine rings is 1. The highest BCUT2D eigenvalue weighted by atomic mass is 35.5. The zero-order chi connectivity index (χ0) is 20.1. The van der Waals surface area contributed by atoms with Crippen molar-refractivity contribution in [2.45, 2.75) is 13.0 Å². The molecule has 2 N–H and O–H groups in total. The number of carbonyl (C=O) groups is 2. The van der Waals surface area contributed by atoms with Crippen LogP contribution in [0.2, 0.25) is 5.02 Å². The van der Waals surface area contributed by atoms with Crippen LogP contribution in [0.4, 0.5) is 20.7 Å². The number of amides is 3. The first kappa shape index (κ1) is 19.9. The van der Waals surface area contributed by atoms with Gasteiger partial charge in [-0.2, -0.15) is 0 Å². The molecule has 3 rings (SSSR count). The normalized spacial score (nSPS) is 15.1. The van der Waals surface area contributed by atoms with Gasteiger partial charge in [-0.1, -0.05) is 17.7 Å². The lowest BCUT2D eigenvalue weighted by Gasteiger charge is -2.35. The largest absolute Gasteiger partial charge is 0.353 e. The average molecular weight is 406 g/mol. The number of aromatic nitrogens is 1.